The van der Waals surface area contributed by atoms with Crippen LogP contribution < -0.4 is 20.3 Å². The van der Waals surface area contributed by atoms with E-state index in [1.807, 2.05) is 27.9 Å². The van der Waals surface area contributed by atoms with E-state index in [1.54, 1.807) is 23.1 Å². The van der Waals surface area contributed by atoms with Crippen LogP contribution in [0.3, 0.4) is 0 Å². The van der Waals surface area contributed by atoms with Crippen molar-refractivity contribution in [3.05, 3.63) is 46.7 Å². The highest BCUT2D eigenvalue weighted by Crippen LogP contribution is 2.24. The molecule has 194 valence electrons. The molecule has 1 aromatic carbocycles. The summed E-state index contributed by atoms with van der Waals surface area (Å²) in [5.41, 5.74) is 0.639. The van der Waals surface area contributed by atoms with Crippen LogP contribution in [0.1, 0.15) is 47.4 Å². The predicted octanol–water partition coefficient (Wildman–Crippen LogP) is 2.38. The second-order valence-corrected chi connectivity index (χ2v) is 9.66. The lowest BCUT2D eigenvalue weighted by Crippen LogP contribution is -2.48. The zero-order valence-corrected chi connectivity index (χ0v) is 21.8. The minimum absolute atomic E-state index is 0.0466. The molecule has 36 heavy (non-hydrogen) atoms. The van der Waals surface area contributed by atoms with Crippen molar-refractivity contribution in [1.82, 2.24) is 25.5 Å². The number of nitrogens with one attached hydrogen (secondary N) is 2. The molecule has 0 fully saturated rings. The van der Waals surface area contributed by atoms with Crippen LogP contribution in [0.2, 0.25) is 5.02 Å². The second-order valence-electron chi connectivity index (χ2n) is 9.23. The number of anilines is 1. The lowest BCUT2D eigenvalue weighted by Gasteiger charge is -2.26. The van der Waals surface area contributed by atoms with Gasteiger partial charge in [-0.15, -0.1) is 0 Å². The fourth-order valence-electron chi connectivity index (χ4n) is 3.63. The molecule has 0 aliphatic carbocycles. The van der Waals surface area contributed by atoms with Gasteiger partial charge < -0.3 is 25.2 Å². The molecule has 10 nitrogen and oxygen atoms in total. The fraction of sp³-hybridized carbons (Fsp3) is 0.480. The number of nitrogens with zero attached hydrogens (tertiary/aromatic N) is 4. The normalized spacial score (nSPS) is 17.7. The summed E-state index contributed by atoms with van der Waals surface area (Å²) < 4.78 is 5.95. The topological polar surface area (TPSA) is 117 Å². The Morgan fingerprint density at radius 1 is 1.19 bits per heavy atom. The van der Waals surface area contributed by atoms with Crippen molar-refractivity contribution in [2.45, 2.75) is 32.7 Å². The van der Waals surface area contributed by atoms with Gasteiger partial charge in [-0.25, -0.2) is 9.97 Å². The van der Waals surface area contributed by atoms with Crippen molar-refractivity contribution in [1.29, 1.82) is 0 Å². The van der Waals surface area contributed by atoms with Crippen LogP contribution in [0.4, 0.5) is 5.95 Å². The highest BCUT2D eigenvalue weighted by atomic mass is 35.5. The predicted molar refractivity (Wildman–Crippen MR) is 138 cm³/mol. The number of carbonyl (C=O) groups excluding carboxylic acids is 3. The number of carbonyl (C=O) groups is 3. The van der Waals surface area contributed by atoms with Crippen LogP contribution in [-0.4, -0.2) is 79.0 Å². The van der Waals surface area contributed by atoms with Crippen LogP contribution in [0.15, 0.2) is 30.6 Å². The van der Waals surface area contributed by atoms with E-state index in [-0.39, 0.29) is 42.8 Å². The average molecular weight is 517 g/mol. The third-order valence-electron chi connectivity index (χ3n) is 5.80. The number of benzene rings is 1. The number of ether oxygens (including phenoxy) is 1. The molecule has 11 heteroatoms. The Bertz CT molecular complexity index is 1080. The van der Waals surface area contributed by atoms with Crippen molar-refractivity contribution in [2.75, 3.05) is 45.2 Å². The van der Waals surface area contributed by atoms with E-state index in [2.05, 4.69) is 20.6 Å². The molecule has 0 saturated heterocycles. The van der Waals surface area contributed by atoms with E-state index in [0.29, 0.717) is 53.8 Å². The van der Waals surface area contributed by atoms with Crippen molar-refractivity contribution < 1.29 is 19.1 Å². The molecule has 2 heterocycles. The monoisotopic (exact) mass is 516 g/mol. The maximum atomic E-state index is 13.2. The van der Waals surface area contributed by atoms with Crippen LogP contribution in [0.25, 0.3) is 0 Å². The van der Waals surface area contributed by atoms with Gasteiger partial charge in [-0.3, -0.25) is 14.4 Å². The minimum Gasteiger partial charge on any atom is -0.491 e. The molecule has 1 aromatic heterocycles. The smallest absolute Gasteiger partial charge is 0.257 e. The van der Waals surface area contributed by atoms with Gasteiger partial charge >= 0.3 is 0 Å². The Labute approximate surface area is 216 Å². The summed E-state index contributed by atoms with van der Waals surface area (Å²) >= 11 is 6.11. The minimum atomic E-state index is -0.339. The van der Waals surface area contributed by atoms with Crippen LogP contribution in [0.5, 0.6) is 5.75 Å². The van der Waals surface area contributed by atoms with Gasteiger partial charge in [0.2, 0.25) is 11.9 Å². The summed E-state index contributed by atoms with van der Waals surface area (Å²) in [7, 11) is 3.62. The second kappa shape index (κ2) is 12.5. The summed E-state index contributed by atoms with van der Waals surface area (Å²) in [5.74, 6) is 0.00723. The first-order chi connectivity index (χ1) is 17.2. The van der Waals surface area contributed by atoms with Gasteiger partial charge in [0.15, 0.2) is 0 Å². The lowest BCUT2D eigenvalue weighted by molar-refractivity contribution is -0.123. The molecule has 1 atom stereocenters. The highest BCUT2D eigenvalue weighted by Gasteiger charge is 2.24. The standard InChI is InChI=1S/C25H33ClN6O4/c1-16(2)20-15-36-21-8-7-18(26)11-19(21)23(34)27-9-5-6-10-32(14-22(33)30-20)24(35)17-12-28-25(29-13-17)31(3)4/h7-8,11-13,16,20H,5-6,9-10,14-15H2,1-4H3,(H,27,34)(H,30,33)/t20-/m1/s1. The Morgan fingerprint density at radius 3 is 2.58 bits per heavy atom. The van der Waals surface area contributed by atoms with Crippen LogP contribution >= 0.6 is 11.6 Å². The van der Waals surface area contributed by atoms with E-state index in [4.69, 9.17) is 16.3 Å². The molecular weight excluding hydrogens is 484 g/mol. The maximum Gasteiger partial charge on any atom is 0.257 e. The van der Waals surface area contributed by atoms with Crippen LogP contribution in [0, 0.1) is 5.92 Å². The zero-order chi connectivity index (χ0) is 26.2. The summed E-state index contributed by atoms with van der Waals surface area (Å²) in [6.07, 6.45) is 4.12. The number of fused-ring (bicyclic) bond motifs is 1. The highest BCUT2D eigenvalue weighted by molar-refractivity contribution is 6.31. The van der Waals surface area contributed by atoms with Gasteiger partial charge in [0.1, 0.15) is 12.4 Å². The van der Waals surface area contributed by atoms with Crippen molar-refractivity contribution in [2.24, 2.45) is 5.92 Å². The van der Waals surface area contributed by atoms with Crippen molar-refractivity contribution in [3.8, 4) is 5.75 Å². The molecule has 0 spiro atoms. The first-order valence-electron chi connectivity index (χ1n) is 11.9. The third kappa shape index (κ3) is 7.30. The average Bonchev–Trinajstić information content (AvgIpc) is 2.85. The number of rotatable bonds is 3. The van der Waals surface area contributed by atoms with Crippen molar-refractivity contribution >= 4 is 35.3 Å². The molecule has 3 rings (SSSR count). The molecule has 3 amide bonds. The molecule has 1 aliphatic heterocycles. The molecule has 0 radical (unpaired) electrons. The van der Waals surface area contributed by atoms with Gasteiger partial charge in [0, 0.05) is 44.6 Å². The molecular formula is C25H33ClN6O4. The first kappa shape index (κ1) is 27.2. The van der Waals surface area contributed by atoms with Gasteiger partial charge in [0.25, 0.3) is 11.8 Å². The van der Waals surface area contributed by atoms with E-state index in [0.717, 1.165) is 0 Å². The largest absolute Gasteiger partial charge is 0.491 e. The first-order valence-corrected chi connectivity index (χ1v) is 12.3. The molecule has 1 aliphatic rings. The summed E-state index contributed by atoms with van der Waals surface area (Å²) in [5, 5.41) is 6.29. The number of hydrogen-bond donors (Lipinski definition) is 2. The third-order valence-corrected chi connectivity index (χ3v) is 6.04. The van der Waals surface area contributed by atoms with Gasteiger partial charge in [-0.2, -0.15) is 0 Å². The van der Waals surface area contributed by atoms with Gasteiger partial charge in [-0.05, 0) is 37.0 Å². The molecule has 0 unspecified atom stereocenters. The lowest BCUT2D eigenvalue weighted by atomic mass is 10.1. The number of aromatic nitrogens is 2. The van der Waals surface area contributed by atoms with E-state index >= 15 is 0 Å². The molecule has 0 bridgehead atoms. The van der Waals surface area contributed by atoms with E-state index in [9.17, 15) is 14.4 Å². The summed E-state index contributed by atoms with van der Waals surface area (Å²) in [4.78, 5) is 50.6. The Balaban J connectivity index is 1.81. The SMILES string of the molecule is CC(C)[C@H]1COc2ccc(Cl)cc2C(=O)NCCCCN(C(=O)c2cnc(N(C)C)nc2)CC(=O)N1. The van der Waals surface area contributed by atoms with Crippen LogP contribution in [-0.2, 0) is 4.79 Å². The maximum absolute atomic E-state index is 13.2. The molecule has 0 saturated carbocycles. The fourth-order valence-corrected chi connectivity index (χ4v) is 3.81. The Kier molecular flexibility index (Phi) is 9.46. The van der Waals surface area contributed by atoms with Gasteiger partial charge in [0.05, 0.1) is 23.7 Å². The quantitative estimate of drug-likeness (QED) is 0.643. The van der Waals surface area contributed by atoms with Crippen molar-refractivity contribution in [3.63, 3.8) is 0 Å². The number of amides is 3. The number of halogens is 1. The summed E-state index contributed by atoms with van der Waals surface area (Å²) in [6.45, 7) is 4.70. The number of hydrogen-bond acceptors (Lipinski definition) is 7. The van der Waals surface area contributed by atoms with E-state index < -0.39 is 0 Å². The Morgan fingerprint density at radius 2 is 1.92 bits per heavy atom. The summed E-state index contributed by atoms with van der Waals surface area (Å²) in [6, 6.07) is 4.53. The van der Waals surface area contributed by atoms with Gasteiger partial charge in [-0.1, -0.05) is 25.4 Å². The molecule has 2 aromatic rings. The molecule has 2 N–H and O–H groups in total. The zero-order valence-electron chi connectivity index (χ0n) is 21.1. The Hall–Kier alpha value is -3.40. The van der Waals surface area contributed by atoms with E-state index in [1.165, 1.54) is 17.3 Å².